The lowest BCUT2D eigenvalue weighted by molar-refractivity contribution is -0.116. The molecular weight excluding hydrogens is 366 g/mol. The van der Waals surface area contributed by atoms with Crippen LogP contribution in [0, 0.1) is 6.92 Å². The minimum atomic E-state index is -0.173. The molecule has 0 atom stereocenters. The van der Waals surface area contributed by atoms with Crippen LogP contribution >= 0.6 is 27.7 Å². The number of carbonyl (C=O) groups is 1. The summed E-state index contributed by atoms with van der Waals surface area (Å²) in [4.78, 5) is 30.9. The Kier molecular flexibility index (Phi) is 5.79. The maximum atomic E-state index is 12.0. The van der Waals surface area contributed by atoms with Crippen molar-refractivity contribution in [1.82, 2.24) is 9.97 Å². The van der Waals surface area contributed by atoms with Crippen molar-refractivity contribution in [2.45, 2.75) is 24.9 Å². The first-order valence-electron chi connectivity index (χ1n) is 6.69. The van der Waals surface area contributed by atoms with Gasteiger partial charge in [-0.2, -0.15) is 0 Å². The number of amides is 1. The molecule has 22 heavy (non-hydrogen) atoms. The maximum absolute atomic E-state index is 12.0. The van der Waals surface area contributed by atoms with Gasteiger partial charge in [0.25, 0.3) is 5.56 Å². The second kappa shape index (κ2) is 7.60. The van der Waals surface area contributed by atoms with Crippen LogP contribution in [0.2, 0.25) is 0 Å². The Morgan fingerprint density at radius 1 is 1.36 bits per heavy atom. The molecule has 0 spiro atoms. The summed E-state index contributed by atoms with van der Waals surface area (Å²) in [5.74, 6) is -0.130. The predicted molar refractivity (Wildman–Crippen MR) is 92.5 cm³/mol. The van der Waals surface area contributed by atoms with Crippen molar-refractivity contribution in [3.8, 4) is 0 Å². The first-order chi connectivity index (χ1) is 10.5. The molecule has 0 aliphatic rings. The minimum Gasteiger partial charge on any atom is -0.326 e. The number of anilines is 1. The average Bonchev–Trinajstić information content (AvgIpc) is 2.48. The molecule has 0 bridgehead atoms. The Morgan fingerprint density at radius 3 is 2.64 bits per heavy atom. The largest absolute Gasteiger partial charge is 0.326 e. The van der Waals surface area contributed by atoms with Gasteiger partial charge in [-0.25, -0.2) is 4.98 Å². The molecule has 0 fully saturated rings. The smallest absolute Gasteiger partial charge is 0.254 e. The van der Waals surface area contributed by atoms with Gasteiger partial charge in [-0.05, 0) is 43.9 Å². The van der Waals surface area contributed by atoms with Gasteiger partial charge in [-0.15, -0.1) is 0 Å². The van der Waals surface area contributed by atoms with E-state index in [-0.39, 0.29) is 17.9 Å². The minimum absolute atomic E-state index is 0.130. The van der Waals surface area contributed by atoms with Crippen molar-refractivity contribution in [2.75, 3.05) is 11.6 Å². The Labute approximate surface area is 141 Å². The summed E-state index contributed by atoms with van der Waals surface area (Å²) in [7, 11) is 0. The summed E-state index contributed by atoms with van der Waals surface area (Å²) in [5.41, 5.74) is 1.79. The van der Waals surface area contributed by atoms with Crippen molar-refractivity contribution in [3.63, 3.8) is 0 Å². The molecule has 1 aromatic carbocycles. The predicted octanol–water partition coefficient (Wildman–Crippen LogP) is 3.13. The Hall–Kier alpha value is -1.60. The Balaban J connectivity index is 1.99. The first-order valence-corrected chi connectivity index (χ1v) is 8.70. The molecule has 0 aliphatic heterocycles. The SMILES string of the molecule is CSc1nc(C)c(CCC(=O)Nc2ccc(Br)cc2)c(=O)[nH]1. The van der Waals surface area contributed by atoms with Crippen molar-refractivity contribution < 1.29 is 4.79 Å². The molecule has 1 heterocycles. The first kappa shape index (κ1) is 16.8. The van der Waals surface area contributed by atoms with E-state index in [1.165, 1.54) is 11.8 Å². The zero-order valence-electron chi connectivity index (χ0n) is 12.3. The number of aryl methyl sites for hydroxylation is 1. The molecule has 0 saturated heterocycles. The standard InChI is InChI=1S/C15H16BrN3O2S/c1-9-12(14(21)19-15(17-9)22-2)7-8-13(20)18-11-5-3-10(16)4-6-11/h3-6H,7-8H2,1-2H3,(H,18,20)(H,17,19,21). The van der Waals surface area contributed by atoms with Gasteiger partial charge < -0.3 is 10.3 Å². The lowest BCUT2D eigenvalue weighted by Crippen LogP contribution is -2.20. The van der Waals surface area contributed by atoms with E-state index in [1.54, 1.807) is 6.92 Å². The van der Waals surface area contributed by atoms with Gasteiger partial charge in [0.05, 0.1) is 0 Å². The quantitative estimate of drug-likeness (QED) is 0.616. The van der Waals surface area contributed by atoms with E-state index < -0.39 is 0 Å². The average molecular weight is 382 g/mol. The number of thioether (sulfide) groups is 1. The molecule has 0 aliphatic carbocycles. The zero-order chi connectivity index (χ0) is 16.1. The zero-order valence-corrected chi connectivity index (χ0v) is 14.7. The van der Waals surface area contributed by atoms with Crippen LogP contribution in [-0.4, -0.2) is 22.1 Å². The van der Waals surface area contributed by atoms with Crippen LogP contribution in [0.3, 0.4) is 0 Å². The molecule has 0 saturated carbocycles. The van der Waals surface area contributed by atoms with Gasteiger partial charge >= 0.3 is 0 Å². The van der Waals surface area contributed by atoms with Crippen LogP contribution in [0.5, 0.6) is 0 Å². The monoisotopic (exact) mass is 381 g/mol. The highest BCUT2D eigenvalue weighted by Crippen LogP contribution is 2.15. The molecule has 0 radical (unpaired) electrons. The van der Waals surface area contributed by atoms with Crippen LogP contribution in [0.4, 0.5) is 5.69 Å². The molecule has 1 aromatic heterocycles. The number of aromatic amines is 1. The Morgan fingerprint density at radius 2 is 2.05 bits per heavy atom. The highest BCUT2D eigenvalue weighted by Gasteiger charge is 2.10. The lowest BCUT2D eigenvalue weighted by atomic mass is 10.1. The van der Waals surface area contributed by atoms with Gasteiger partial charge in [0.1, 0.15) is 0 Å². The number of rotatable bonds is 5. The van der Waals surface area contributed by atoms with Gasteiger partial charge in [0.15, 0.2) is 5.16 Å². The molecule has 2 aromatic rings. The van der Waals surface area contributed by atoms with Gasteiger partial charge in [0.2, 0.25) is 5.91 Å². The molecule has 1 amide bonds. The molecule has 5 nitrogen and oxygen atoms in total. The maximum Gasteiger partial charge on any atom is 0.254 e. The summed E-state index contributed by atoms with van der Waals surface area (Å²) in [6, 6.07) is 7.34. The lowest BCUT2D eigenvalue weighted by Gasteiger charge is -2.07. The van der Waals surface area contributed by atoms with E-state index in [0.717, 1.165) is 10.2 Å². The highest BCUT2D eigenvalue weighted by atomic mass is 79.9. The molecule has 7 heteroatoms. The number of aromatic nitrogens is 2. The van der Waals surface area contributed by atoms with E-state index in [9.17, 15) is 9.59 Å². The van der Waals surface area contributed by atoms with Crippen LogP contribution in [0.15, 0.2) is 38.7 Å². The summed E-state index contributed by atoms with van der Waals surface area (Å²) in [6.45, 7) is 1.79. The topological polar surface area (TPSA) is 74.8 Å². The number of hydrogen-bond acceptors (Lipinski definition) is 4. The Bertz CT molecular complexity index is 729. The van der Waals surface area contributed by atoms with Crippen LogP contribution < -0.4 is 10.9 Å². The molecule has 116 valence electrons. The second-order valence-corrected chi connectivity index (χ2v) is 6.40. The van der Waals surface area contributed by atoms with Crippen molar-refractivity contribution in [1.29, 1.82) is 0 Å². The highest BCUT2D eigenvalue weighted by molar-refractivity contribution is 9.10. The van der Waals surface area contributed by atoms with Crippen molar-refractivity contribution in [3.05, 3.63) is 50.3 Å². The third-order valence-corrected chi connectivity index (χ3v) is 4.23. The van der Waals surface area contributed by atoms with Gasteiger partial charge in [-0.3, -0.25) is 9.59 Å². The fraction of sp³-hybridized carbons (Fsp3) is 0.267. The fourth-order valence-electron chi connectivity index (χ4n) is 1.97. The molecule has 2 N–H and O–H groups in total. The van der Waals surface area contributed by atoms with Gasteiger partial charge in [0, 0.05) is 27.8 Å². The molecular formula is C15H16BrN3O2S. The van der Waals surface area contributed by atoms with Crippen molar-refractivity contribution in [2.24, 2.45) is 0 Å². The normalized spacial score (nSPS) is 10.5. The molecule has 0 unspecified atom stereocenters. The van der Waals surface area contributed by atoms with E-state index in [2.05, 4.69) is 31.2 Å². The van der Waals surface area contributed by atoms with Crippen LogP contribution in [0.1, 0.15) is 17.7 Å². The van der Waals surface area contributed by atoms with Crippen LogP contribution in [0.25, 0.3) is 0 Å². The third kappa shape index (κ3) is 4.45. The van der Waals surface area contributed by atoms with Gasteiger partial charge in [-0.1, -0.05) is 27.7 Å². The van der Waals surface area contributed by atoms with E-state index in [1.807, 2.05) is 30.5 Å². The second-order valence-electron chi connectivity index (χ2n) is 4.69. The number of H-pyrrole nitrogens is 1. The number of nitrogens with one attached hydrogen (secondary N) is 2. The summed E-state index contributed by atoms with van der Waals surface area (Å²) >= 11 is 4.72. The third-order valence-electron chi connectivity index (χ3n) is 3.12. The number of hydrogen-bond donors (Lipinski definition) is 2. The van der Waals surface area contributed by atoms with E-state index >= 15 is 0 Å². The number of nitrogens with zero attached hydrogens (tertiary/aromatic N) is 1. The number of halogens is 1. The number of carbonyl (C=O) groups excluding carboxylic acids is 1. The van der Waals surface area contributed by atoms with Crippen LogP contribution in [-0.2, 0) is 11.2 Å². The molecule has 2 rings (SSSR count). The summed E-state index contributed by atoms with van der Waals surface area (Å²) in [5, 5.41) is 3.39. The fourth-order valence-corrected chi connectivity index (χ4v) is 2.66. The van der Waals surface area contributed by atoms with Crippen molar-refractivity contribution >= 4 is 39.3 Å². The summed E-state index contributed by atoms with van der Waals surface area (Å²) in [6.07, 6.45) is 2.45. The summed E-state index contributed by atoms with van der Waals surface area (Å²) < 4.78 is 0.951. The van der Waals surface area contributed by atoms with E-state index in [4.69, 9.17) is 0 Å². The van der Waals surface area contributed by atoms with E-state index in [0.29, 0.717) is 22.8 Å². The number of benzene rings is 1.